The largest absolute Gasteiger partial charge is 0.396 e. The minimum atomic E-state index is -0.143. The molecule has 0 aliphatic rings. The number of hydrogen-bond acceptors (Lipinski definition) is 4. The zero-order valence-corrected chi connectivity index (χ0v) is 10.5. The Hall–Kier alpha value is -2.42. The highest BCUT2D eigenvalue weighted by Crippen LogP contribution is 2.21. The van der Waals surface area contributed by atoms with Crippen molar-refractivity contribution in [2.24, 2.45) is 0 Å². The number of carbonyl (C=O) groups is 1. The number of amides is 2. The molecule has 0 aromatic heterocycles. The Labute approximate surface area is 106 Å². The van der Waals surface area contributed by atoms with Crippen molar-refractivity contribution in [1.82, 2.24) is 10.2 Å². The molecule has 18 heavy (non-hydrogen) atoms. The van der Waals surface area contributed by atoms with Crippen molar-refractivity contribution in [2.75, 3.05) is 38.2 Å². The number of hydrogen-bond donors (Lipinski definition) is 3. The van der Waals surface area contributed by atoms with E-state index >= 15 is 0 Å². The van der Waals surface area contributed by atoms with Crippen molar-refractivity contribution in [2.45, 2.75) is 0 Å². The van der Waals surface area contributed by atoms with E-state index < -0.39 is 0 Å². The van der Waals surface area contributed by atoms with Crippen LogP contribution in [0.3, 0.4) is 0 Å². The first-order valence-electron chi connectivity index (χ1n) is 5.54. The van der Waals surface area contributed by atoms with Gasteiger partial charge < -0.3 is 21.3 Å². The van der Waals surface area contributed by atoms with Crippen LogP contribution in [0, 0.1) is 11.3 Å². The smallest absolute Gasteiger partial charge is 0.316 e. The third-order valence-corrected chi connectivity index (χ3v) is 2.35. The van der Waals surface area contributed by atoms with Gasteiger partial charge in [0, 0.05) is 27.2 Å². The maximum atomic E-state index is 11.2. The second-order valence-electron chi connectivity index (χ2n) is 3.93. The second-order valence-corrected chi connectivity index (χ2v) is 3.93. The van der Waals surface area contributed by atoms with Crippen LogP contribution in [0.2, 0.25) is 0 Å². The van der Waals surface area contributed by atoms with Gasteiger partial charge in [-0.15, -0.1) is 0 Å². The lowest BCUT2D eigenvalue weighted by molar-refractivity contribution is 0.218. The summed E-state index contributed by atoms with van der Waals surface area (Å²) in [6.07, 6.45) is 0. The Morgan fingerprint density at radius 2 is 2.17 bits per heavy atom. The van der Waals surface area contributed by atoms with Crippen LogP contribution in [-0.2, 0) is 0 Å². The molecular weight excluding hydrogens is 230 g/mol. The van der Waals surface area contributed by atoms with Crippen molar-refractivity contribution in [3.63, 3.8) is 0 Å². The SMILES string of the molecule is CN(C)C(=O)NCCNc1cccc(C#N)c1N. The highest BCUT2D eigenvalue weighted by molar-refractivity contribution is 5.74. The number of nitrogen functional groups attached to an aromatic ring is 1. The van der Waals surface area contributed by atoms with Gasteiger partial charge in [0.25, 0.3) is 0 Å². The third kappa shape index (κ3) is 3.56. The maximum Gasteiger partial charge on any atom is 0.316 e. The Morgan fingerprint density at radius 1 is 1.44 bits per heavy atom. The van der Waals surface area contributed by atoms with Gasteiger partial charge in [-0.2, -0.15) is 5.26 Å². The van der Waals surface area contributed by atoms with E-state index in [4.69, 9.17) is 11.0 Å². The molecule has 6 nitrogen and oxygen atoms in total. The normalized spacial score (nSPS) is 9.39. The average molecular weight is 247 g/mol. The standard InChI is InChI=1S/C12H17N5O/c1-17(2)12(18)16-7-6-15-10-5-3-4-9(8-13)11(10)14/h3-5,15H,6-7,14H2,1-2H3,(H,16,18). The van der Waals surface area contributed by atoms with Crippen LogP contribution < -0.4 is 16.4 Å². The van der Waals surface area contributed by atoms with Gasteiger partial charge in [-0.05, 0) is 12.1 Å². The molecule has 1 rings (SSSR count). The zero-order valence-electron chi connectivity index (χ0n) is 10.5. The minimum absolute atomic E-state index is 0.143. The van der Waals surface area contributed by atoms with E-state index in [0.717, 1.165) is 0 Å². The van der Waals surface area contributed by atoms with Crippen LogP contribution >= 0.6 is 0 Å². The lowest BCUT2D eigenvalue weighted by Gasteiger charge is -2.13. The van der Waals surface area contributed by atoms with E-state index in [1.807, 2.05) is 6.07 Å². The number of nitriles is 1. The number of anilines is 2. The van der Waals surface area contributed by atoms with Crippen LogP contribution in [0.15, 0.2) is 18.2 Å². The van der Waals surface area contributed by atoms with Crippen molar-refractivity contribution >= 4 is 17.4 Å². The van der Waals surface area contributed by atoms with E-state index in [1.54, 1.807) is 32.3 Å². The van der Waals surface area contributed by atoms with Crippen LogP contribution in [0.1, 0.15) is 5.56 Å². The fourth-order valence-corrected chi connectivity index (χ4v) is 1.34. The minimum Gasteiger partial charge on any atom is -0.396 e. The van der Waals surface area contributed by atoms with Gasteiger partial charge in [0.15, 0.2) is 0 Å². The van der Waals surface area contributed by atoms with Gasteiger partial charge >= 0.3 is 6.03 Å². The summed E-state index contributed by atoms with van der Waals surface area (Å²) in [5.41, 5.74) is 7.38. The van der Waals surface area contributed by atoms with Gasteiger partial charge in [0.05, 0.1) is 16.9 Å². The summed E-state index contributed by atoms with van der Waals surface area (Å²) in [7, 11) is 3.36. The van der Waals surface area contributed by atoms with Gasteiger partial charge in [-0.3, -0.25) is 0 Å². The molecule has 6 heteroatoms. The zero-order chi connectivity index (χ0) is 13.5. The van der Waals surface area contributed by atoms with Crippen molar-refractivity contribution in [1.29, 1.82) is 5.26 Å². The summed E-state index contributed by atoms with van der Waals surface area (Å²) in [6.45, 7) is 1.02. The number of nitrogens with one attached hydrogen (secondary N) is 2. The van der Waals surface area contributed by atoms with E-state index in [1.165, 1.54) is 4.90 Å². The summed E-state index contributed by atoms with van der Waals surface area (Å²) in [5.74, 6) is 0. The van der Waals surface area contributed by atoms with Crippen LogP contribution in [-0.4, -0.2) is 38.1 Å². The summed E-state index contributed by atoms with van der Waals surface area (Å²) < 4.78 is 0. The number of rotatable bonds is 4. The lowest BCUT2D eigenvalue weighted by atomic mass is 10.1. The molecule has 0 saturated heterocycles. The summed E-state index contributed by atoms with van der Waals surface area (Å²) in [5, 5.41) is 14.6. The van der Waals surface area contributed by atoms with Crippen molar-refractivity contribution in [3.05, 3.63) is 23.8 Å². The molecule has 0 aliphatic carbocycles. The first-order valence-corrected chi connectivity index (χ1v) is 5.54. The molecule has 1 aromatic carbocycles. The van der Waals surface area contributed by atoms with Gasteiger partial charge in [0.1, 0.15) is 6.07 Å². The highest BCUT2D eigenvalue weighted by Gasteiger charge is 2.04. The number of urea groups is 1. The predicted octanol–water partition coefficient (Wildman–Crippen LogP) is 0.824. The first kappa shape index (κ1) is 13.6. The summed E-state index contributed by atoms with van der Waals surface area (Å²) in [4.78, 5) is 12.7. The molecule has 2 amide bonds. The molecule has 0 fully saturated rings. The Kier molecular flexibility index (Phi) is 4.81. The molecule has 0 atom stereocenters. The van der Waals surface area contributed by atoms with Crippen LogP contribution in [0.25, 0.3) is 0 Å². The topological polar surface area (TPSA) is 94.2 Å². The second kappa shape index (κ2) is 6.35. The van der Waals surface area contributed by atoms with Crippen LogP contribution in [0.5, 0.6) is 0 Å². The van der Waals surface area contributed by atoms with Gasteiger partial charge in [-0.1, -0.05) is 6.07 Å². The molecule has 0 saturated carbocycles. The molecule has 0 spiro atoms. The quantitative estimate of drug-likeness (QED) is 0.542. The monoisotopic (exact) mass is 247 g/mol. The number of nitrogens with zero attached hydrogens (tertiary/aromatic N) is 2. The van der Waals surface area contributed by atoms with Gasteiger partial charge in [0.2, 0.25) is 0 Å². The summed E-state index contributed by atoms with van der Waals surface area (Å²) >= 11 is 0. The number of nitrogens with two attached hydrogens (primary N) is 1. The van der Waals surface area contributed by atoms with E-state index in [-0.39, 0.29) is 6.03 Å². The predicted molar refractivity (Wildman–Crippen MR) is 71.1 cm³/mol. The molecular formula is C12H17N5O. The maximum absolute atomic E-state index is 11.2. The number of para-hydroxylation sites is 1. The van der Waals surface area contributed by atoms with Crippen molar-refractivity contribution in [3.8, 4) is 6.07 Å². The number of benzene rings is 1. The van der Waals surface area contributed by atoms with Gasteiger partial charge in [-0.25, -0.2) is 4.79 Å². The molecule has 0 bridgehead atoms. The Balaban J connectivity index is 2.46. The molecule has 0 heterocycles. The van der Waals surface area contributed by atoms with E-state index in [2.05, 4.69) is 10.6 Å². The molecule has 0 aliphatic heterocycles. The van der Waals surface area contributed by atoms with Crippen LogP contribution in [0.4, 0.5) is 16.2 Å². The molecule has 96 valence electrons. The first-order chi connectivity index (χ1) is 8.56. The average Bonchev–Trinajstić information content (AvgIpc) is 2.35. The third-order valence-electron chi connectivity index (χ3n) is 2.35. The number of carbonyl (C=O) groups excluding carboxylic acids is 1. The van der Waals surface area contributed by atoms with Crippen molar-refractivity contribution < 1.29 is 4.79 Å². The molecule has 0 unspecified atom stereocenters. The fourth-order valence-electron chi connectivity index (χ4n) is 1.34. The molecule has 4 N–H and O–H groups in total. The molecule has 0 radical (unpaired) electrons. The molecule has 1 aromatic rings. The summed E-state index contributed by atoms with van der Waals surface area (Å²) in [6, 6.07) is 7.09. The Morgan fingerprint density at radius 3 is 2.78 bits per heavy atom. The van der Waals surface area contributed by atoms with E-state index in [9.17, 15) is 4.79 Å². The Bertz CT molecular complexity index is 464. The fraction of sp³-hybridized carbons (Fsp3) is 0.333. The highest BCUT2D eigenvalue weighted by atomic mass is 16.2. The lowest BCUT2D eigenvalue weighted by Crippen LogP contribution is -2.37. The van der Waals surface area contributed by atoms with E-state index in [0.29, 0.717) is 30.0 Å².